The molecular weight excluding hydrogens is 289 g/mol. The Morgan fingerprint density at radius 1 is 1.20 bits per heavy atom. The molecule has 4 nitrogen and oxygen atoms in total. The molecule has 1 heterocycles. The number of nitrogens with one attached hydrogen (secondary N) is 1. The van der Waals surface area contributed by atoms with Crippen molar-refractivity contribution in [2.24, 2.45) is 5.73 Å². The van der Waals surface area contributed by atoms with E-state index in [1.165, 1.54) is 30.5 Å². The number of hydrogen-bond acceptors (Lipinski definition) is 4. The van der Waals surface area contributed by atoms with E-state index in [0.717, 1.165) is 6.07 Å². The van der Waals surface area contributed by atoms with E-state index in [9.17, 15) is 13.2 Å². The van der Waals surface area contributed by atoms with E-state index in [-0.39, 0.29) is 22.3 Å². The zero-order chi connectivity index (χ0) is 14.8. The maximum atomic E-state index is 12.8. The van der Waals surface area contributed by atoms with Gasteiger partial charge in [-0.25, -0.2) is 9.97 Å². The third kappa shape index (κ3) is 3.21. The SMILES string of the molecule is NC(=S)c1ccnc(Nc2ccccc2C(F)(F)F)n1. The molecule has 0 saturated carbocycles. The molecule has 2 aromatic rings. The standard InChI is InChI=1S/C12H9F3N4S/c13-12(14,15)7-3-1-2-4-8(7)18-11-17-6-5-9(19-11)10(16)20/h1-6H,(H2,16,20)(H,17,18,19). The smallest absolute Gasteiger partial charge is 0.388 e. The Bertz CT molecular complexity index is 643. The van der Waals surface area contributed by atoms with Crippen molar-refractivity contribution in [2.75, 3.05) is 5.32 Å². The van der Waals surface area contributed by atoms with Crippen LogP contribution in [0.5, 0.6) is 0 Å². The van der Waals surface area contributed by atoms with Gasteiger partial charge < -0.3 is 11.1 Å². The number of hydrogen-bond donors (Lipinski definition) is 2. The normalized spacial score (nSPS) is 11.2. The van der Waals surface area contributed by atoms with E-state index in [2.05, 4.69) is 15.3 Å². The van der Waals surface area contributed by atoms with Gasteiger partial charge in [0.15, 0.2) is 0 Å². The number of aromatic nitrogens is 2. The summed E-state index contributed by atoms with van der Waals surface area (Å²) in [4.78, 5) is 7.81. The first-order chi connectivity index (χ1) is 9.38. The first kappa shape index (κ1) is 14.2. The van der Waals surface area contributed by atoms with Gasteiger partial charge in [0.1, 0.15) is 10.7 Å². The summed E-state index contributed by atoms with van der Waals surface area (Å²) in [5.74, 6) is -0.00741. The number of nitrogens with two attached hydrogens (primary N) is 1. The number of alkyl halides is 3. The van der Waals surface area contributed by atoms with Gasteiger partial charge in [0.2, 0.25) is 5.95 Å². The fraction of sp³-hybridized carbons (Fsp3) is 0.0833. The molecule has 8 heteroatoms. The van der Waals surface area contributed by atoms with Gasteiger partial charge in [-0.2, -0.15) is 13.2 Å². The minimum atomic E-state index is -4.47. The van der Waals surface area contributed by atoms with Crippen molar-refractivity contribution in [2.45, 2.75) is 6.18 Å². The molecule has 0 aliphatic carbocycles. The van der Waals surface area contributed by atoms with Crippen LogP contribution < -0.4 is 11.1 Å². The van der Waals surface area contributed by atoms with Crippen LogP contribution >= 0.6 is 12.2 Å². The third-order valence-corrected chi connectivity index (χ3v) is 2.60. The fourth-order valence-electron chi connectivity index (χ4n) is 1.52. The highest BCUT2D eigenvalue weighted by molar-refractivity contribution is 7.80. The molecule has 20 heavy (non-hydrogen) atoms. The monoisotopic (exact) mass is 298 g/mol. The number of halogens is 3. The first-order valence-electron chi connectivity index (χ1n) is 5.44. The molecule has 1 aromatic heterocycles. The number of para-hydroxylation sites is 1. The van der Waals surface area contributed by atoms with Gasteiger partial charge in [-0.15, -0.1) is 0 Å². The Morgan fingerprint density at radius 2 is 1.90 bits per heavy atom. The van der Waals surface area contributed by atoms with Crippen LogP contribution in [0.25, 0.3) is 0 Å². The Morgan fingerprint density at radius 3 is 2.55 bits per heavy atom. The van der Waals surface area contributed by atoms with Crippen molar-refractivity contribution in [3.05, 3.63) is 47.8 Å². The van der Waals surface area contributed by atoms with E-state index >= 15 is 0 Å². The number of benzene rings is 1. The molecule has 0 amide bonds. The van der Waals surface area contributed by atoms with Crippen LogP contribution in [0.1, 0.15) is 11.3 Å². The molecule has 0 radical (unpaired) electrons. The van der Waals surface area contributed by atoms with Gasteiger partial charge in [-0.05, 0) is 18.2 Å². The van der Waals surface area contributed by atoms with Crippen molar-refractivity contribution >= 4 is 28.8 Å². The Hall–Kier alpha value is -2.22. The lowest BCUT2D eigenvalue weighted by atomic mass is 10.1. The number of thiocarbonyl (C=S) groups is 1. The molecule has 0 atom stereocenters. The molecular formula is C12H9F3N4S. The van der Waals surface area contributed by atoms with Gasteiger partial charge in [-0.1, -0.05) is 24.4 Å². The van der Waals surface area contributed by atoms with E-state index < -0.39 is 11.7 Å². The van der Waals surface area contributed by atoms with Gasteiger partial charge in [0.25, 0.3) is 0 Å². The topological polar surface area (TPSA) is 63.8 Å². The average molecular weight is 298 g/mol. The van der Waals surface area contributed by atoms with Crippen LogP contribution in [-0.4, -0.2) is 15.0 Å². The molecule has 3 N–H and O–H groups in total. The fourth-order valence-corrected chi connectivity index (χ4v) is 1.63. The lowest BCUT2D eigenvalue weighted by Gasteiger charge is -2.13. The summed E-state index contributed by atoms with van der Waals surface area (Å²) in [5, 5.41) is 2.52. The number of nitrogens with zero attached hydrogens (tertiary/aromatic N) is 2. The minimum absolute atomic E-state index is 0.00741. The summed E-state index contributed by atoms with van der Waals surface area (Å²) in [6.07, 6.45) is -3.11. The predicted molar refractivity (Wildman–Crippen MR) is 72.6 cm³/mol. The van der Waals surface area contributed by atoms with Gasteiger partial charge in [0.05, 0.1) is 11.3 Å². The number of anilines is 2. The average Bonchev–Trinajstić information content (AvgIpc) is 2.38. The lowest BCUT2D eigenvalue weighted by Crippen LogP contribution is -2.14. The molecule has 0 saturated heterocycles. The highest BCUT2D eigenvalue weighted by Crippen LogP contribution is 2.35. The second-order valence-corrected chi connectivity index (χ2v) is 4.24. The van der Waals surface area contributed by atoms with Crippen molar-refractivity contribution in [1.29, 1.82) is 0 Å². The third-order valence-electron chi connectivity index (χ3n) is 2.39. The summed E-state index contributed by atoms with van der Waals surface area (Å²) in [5.41, 5.74) is 4.75. The highest BCUT2D eigenvalue weighted by atomic mass is 32.1. The molecule has 0 aliphatic heterocycles. The van der Waals surface area contributed by atoms with Gasteiger partial charge >= 0.3 is 6.18 Å². The zero-order valence-electron chi connectivity index (χ0n) is 9.98. The van der Waals surface area contributed by atoms with E-state index in [0.29, 0.717) is 0 Å². The Kier molecular flexibility index (Phi) is 3.84. The lowest BCUT2D eigenvalue weighted by molar-refractivity contribution is -0.136. The van der Waals surface area contributed by atoms with E-state index in [1.54, 1.807) is 0 Å². The molecule has 104 valence electrons. The minimum Gasteiger partial charge on any atom is -0.388 e. The Labute approximate surface area is 117 Å². The maximum absolute atomic E-state index is 12.8. The van der Waals surface area contributed by atoms with E-state index in [4.69, 9.17) is 18.0 Å². The molecule has 0 unspecified atom stereocenters. The molecule has 2 rings (SSSR count). The molecule has 0 fully saturated rings. The summed E-state index contributed by atoms with van der Waals surface area (Å²) in [7, 11) is 0. The quantitative estimate of drug-likeness (QED) is 0.853. The first-order valence-corrected chi connectivity index (χ1v) is 5.85. The summed E-state index contributed by atoms with van der Waals surface area (Å²) < 4.78 is 38.5. The van der Waals surface area contributed by atoms with Crippen molar-refractivity contribution in [3.8, 4) is 0 Å². The second-order valence-electron chi connectivity index (χ2n) is 3.80. The maximum Gasteiger partial charge on any atom is 0.418 e. The van der Waals surface area contributed by atoms with Crippen molar-refractivity contribution in [1.82, 2.24) is 9.97 Å². The van der Waals surface area contributed by atoms with Crippen LogP contribution in [0, 0.1) is 0 Å². The van der Waals surface area contributed by atoms with E-state index in [1.807, 2.05) is 0 Å². The van der Waals surface area contributed by atoms with Crippen LogP contribution in [0.3, 0.4) is 0 Å². The molecule has 0 bridgehead atoms. The molecule has 1 aromatic carbocycles. The molecule has 0 aliphatic rings. The van der Waals surface area contributed by atoms with Crippen molar-refractivity contribution < 1.29 is 13.2 Å². The van der Waals surface area contributed by atoms with Crippen LogP contribution in [0.4, 0.5) is 24.8 Å². The van der Waals surface area contributed by atoms with Crippen molar-refractivity contribution in [3.63, 3.8) is 0 Å². The number of rotatable bonds is 3. The highest BCUT2D eigenvalue weighted by Gasteiger charge is 2.33. The summed E-state index contributed by atoms with van der Waals surface area (Å²) >= 11 is 4.75. The van der Waals surface area contributed by atoms with Gasteiger partial charge in [0, 0.05) is 6.20 Å². The zero-order valence-corrected chi connectivity index (χ0v) is 10.8. The van der Waals surface area contributed by atoms with Gasteiger partial charge in [-0.3, -0.25) is 0 Å². The predicted octanol–water partition coefficient (Wildman–Crippen LogP) is 2.87. The van der Waals surface area contributed by atoms with Crippen LogP contribution in [0.2, 0.25) is 0 Å². The second kappa shape index (κ2) is 5.41. The van der Waals surface area contributed by atoms with Crippen LogP contribution in [0.15, 0.2) is 36.5 Å². The summed E-state index contributed by atoms with van der Waals surface area (Å²) in [6, 6.07) is 6.53. The molecule has 0 spiro atoms. The summed E-state index contributed by atoms with van der Waals surface area (Å²) in [6.45, 7) is 0. The Balaban J connectivity index is 2.36. The van der Waals surface area contributed by atoms with Crippen LogP contribution in [-0.2, 0) is 6.18 Å². The largest absolute Gasteiger partial charge is 0.418 e.